The maximum Gasteiger partial charge on any atom is 0.122 e. The van der Waals surface area contributed by atoms with Crippen molar-refractivity contribution in [2.45, 2.75) is 52.6 Å². The maximum atomic E-state index is 10.4. The van der Waals surface area contributed by atoms with Crippen LogP contribution in [0, 0.1) is 11.8 Å². The van der Waals surface area contributed by atoms with Gasteiger partial charge in [0.25, 0.3) is 0 Å². The molecule has 2 rings (SSSR count). The van der Waals surface area contributed by atoms with Crippen LogP contribution >= 0.6 is 0 Å². The summed E-state index contributed by atoms with van der Waals surface area (Å²) in [7, 11) is 0. The van der Waals surface area contributed by atoms with Gasteiger partial charge in [-0.2, -0.15) is 0 Å². The van der Waals surface area contributed by atoms with E-state index in [1.807, 2.05) is 12.1 Å². The van der Waals surface area contributed by atoms with Crippen molar-refractivity contribution < 1.29 is 9.84 Å². The second-order valence-corrected chi connectivity index (χ2v) is 7.48. The summed E-state index contributed by atoms with van der Waals surface area (Å²) >= 11 is 0. The average Bonchev–Trinajstić information content (AvgIpc) is 2.51. The van der Waals surface area contributed by atoms with Crippen LogP contribution in [-0.2, 0) is 0 Å². The molecule has 1 aliphatic heterocycles. The summed E-state index contributed by atoms with van der Waals surface area (Å²) in [6.45, 7) is 12.3. The molecule has 0 spiro atoms. The van der Waals surface area contributed by atoms with Crippen molar-refractivity contribution >= 4 is 0 Å². The Bertz CT molecular complexity index is 466. The summed E-state index contributed by atoms with van der Waals surface area (Å²) in [4.78, 5) is 2.38. The largest absolute Gasteiger partial charge is 0.491 e. The van der Waals surface area contributed by atoms with E-state index in [4.69, 9.17) is 4.74 Å². The quantitative estimate of drug-likeness (QED) is 0.827. The molecule has 4 atom stereocenters. The highest BCUT2D eigenvalue weighted by molar-refractivity contribution is 5.35. The number of aliphatic hydroxyl groups excluding tert-OH is 1. The summed E-state index contributed by atoms with van der Waals surface area (Å²) in [6.07, 6.45) is 1.95. The number of ether oxygens (including phenoxy) is 1. The molecule has 3 nitrogen and oxygen atoms in total. The van der Waals surface area contributed by atoms with E-state index in [0.29, 0.717) is 19.1 Å². The van der Waals surface area contributed by atoms with Crippen LogP contribution in [0.25, 0.3) is 0 Å². The van der Waals surface area contributed by atoms with Crippen LogP contribution in [0.2, 0.25) is 0 Å². The van der Waals surface area contributed by atoms with E-state index in [1.165, 1.54) is 12.0 Å². The van der Waals surface area contributed by atoms with Crippen LogP contribution in [0.5, 0.6) is 5.75 Å². The first kappa shape index (κ1) is 18.3. The molecule has 23 heavy (non-hydrogen) atoms. The van der Waals surface area contributed by atoms with E-state index in [-0.39, 0.29) is 0 Å². The minimum absolute atomic E-state index is 0.368. The van der Waals surface area contributed by atoms with E-state index in [2.05, 4.69) is 44.7 Å². The zero-order valence-corrected chi connectivity index (χ0v) is 15.2. The molecule has 130 valence electrons. The number of hydrogen-bond donors (Lipinski definition) is 1. The molecule has 1 heterocycles. The van der Waals surface area contributed by atoms with Crippen molar-refractivity contribution in [3.05, 3.63) is 29.8 Å². The Hall–Kier alpha value is -1.06. The fraction of sp³-hybridized carbons (Fsp3) is 0.700. The second kappa shape index (κ2) is 8.70. The monoisotopic (exact) mass is 319 g/mol. The molecule has 3 heteroatoms. The Morgan fingerprint density at radius 3 is 2.52 bits per heavy atom. The van der Waals surface area contributed by atoms with Gasteiger partial charge in [0.05, 0.1) is 0 Å². The third-order valence-corrected chi connectivity index (χ3v) is 4.91. The van der Waals surface area contributed by atoms with Gasteiger partial charge in [0.2, 0.25) is 0 Å². The molecule has 0 aromatic heterocycles. The van der Waals surface area contributed by atoms with Gasteiger partial charge in [-0.25, -0.2) is 0 Å². The highest BCUT2D eigenvalue weighted by atomic mass is 16.5. The number of likely N-dealkylation sites (tertiary alicyclic amines) is 1. The van der Waals surface area contributed by atoms with Crippen LogP contribution in [0.1, 0.15) is 52.0 Å². The number of rotatable bonds is 7. The average molecular weight is 319 g/mol. The Kier molecular flexibility index (Phi) is 6.91. The van der Waals surface area contributed by atoms with E-state index in [9.17, 15) is 5.11 Å². The molecule has 1 aromatic carbocycles. The summed E-state index contributed by atoms with van der Waals surface area (Å²) in [5.41, 5.74) is 1.24. The van der Waals surface area contributed by atoms with E-state index >= 15 is 0 Å². The molecule has 1 aromatic rings. The molecule has 0 bridgehead atoms. The van der Waals surface area contributed by atoms with Crippen LogP contribution in [0.4, 0.5) is 0 Å². The van der Waals surface area contributed by atoms with Crippen molar-refractivity contribution in [1.82, 2.24) is 4.90 Å². The molecule has 1 aliphatic rings. The van der Waals surface area contributed by atoms with Gasteiger partial charge in [0.1, 0.15) is 18.5 Å². The molecular weight excluding hydrogens is 286 g/mol. The Morgan fingerprint density at radius 1 is 1.22 bits per heavy atom. The smallest absolute Gasteiger partial charge is 0.122 e. The topological polar surface area (TPSA) is 32.7 Å². The van der Waals surface area contributed by atoms with Gasteiger partial charge in [-0.1, -0.05) is 45.9 Å². The standard InChI is InChI=1S/C20H33NO2/c1-5-17(4)19-8-6-7-9-20(19)23-14-18(22)13-21-11-15(2)10-16(3)12-21/h6-9,15-18,22H,5,10-14H2,1-4H3/t15-,16-,17-,18+/m0/s1. The lowest BCUT2D eigenvalue weighted by Gasteiger charge is -2.36. The fourth-order valence-electron chi connectivity index (χ4n) is 3.72. The summed E-state index contributed by atoms with van der Waals surface area (Å²) in [6, 6.07) is 8.20. The number of piperidine rings is 1. The van der Waals surface area contributed by atoms with Gasteiger partial charge in [-0.3, -0.25) is 0 Å². The van der Waals surface area contributed by atoms with Crippen molar-refractivity contribution in [1.29, 1.82) is 0 Å². The molecular formula is C20H33NO2. The maximum absolute atomic E-state index is 10.4. The summed E-state index contributed by atoms with van der Waals surface area (Å²) in [5, 5.41) is 10.4. The number of benzene rings is 1. The Balaban J connectivity index is 1.86. The first-order chi connectivity index (χ1) is 11.0. The molecule has 1 fully saturated rings. The van der Waals surface area contributed by atoms with Crippen molar-refractivity contribution in [2.24, 2.45) is 11.8 Å². The summed E-state index contributed by atoms with van der Waals surface area (Å²) in [5.74, 6) is 2.84. The normalized spacial score (nSPS) is 25.1. The fourth-order valence-corrected chi connectivity index (χ4v) is 3.72. The van der Waals surface area contributed by atoms with Gasteiger partial charge >= 0.3 is 0 Å². The Labute approximate surface area is 141 Å². The van der Waals surface area contributed by atoms with Gasteiger partial charge < -0.3 is 14.7 Å². The number of hydrogen-bond acceptors (Lipinski definition) is 3. The van der Waals surface area contributed by atoms with Crippen LogP contribution < -0.4 is 4.74 Å². The molecule has 0 unspecified atom stereocenters. The predicted molar refractivity (Wildman–Crippen MR) is 96.0 cm³/mol. The highest BCUT2D eigenvalue weighted by Gasteiger charge is 2.23. The lowest BCUT2D eigenvalue weighted by molar-refractivity contribution is 0.0426. The van der Waals surface area contributed by atoms with Crippen LogP contribution in [0.15, 0.2) is 24.3 Å². The molecule has 0 radical (unpaired) electrons. The summed E-state index contributed by atoms with van der Waals surface area (Å²) < 4.78 is 5.94. The molecule has 0 aliphatic carbocycles. The van der Waals surface area contributed by atoms with Gasteiger partial charge in [0.15, 0.2) is 0 Å². The minimum Gasteiger partial charge on any atom is -0.491 e. The van der Waals surface area contributed by atoms with Crippen LogP contribution in [-0.4, -0.2) is 42.4 Å². The molecule has 0 amide bonds. The number of aliphatic hydroxyl groups is 1. The van der Waals surface area contributed by atoms with Gasteiger partial charge in [0, 0.05) is 19.6 Å². The van der Waals surface area contributed by atoms with Crippen molar-refractivity contribution in [2.75, 3.05) is 26.2 Å². The first-order valence-electron chi connectivity index (χ1n) is 9.11. The van der Waals surface area contributed by atoms with E-state index in [0.717, 1.165) is 37.1 Å². The second-order valence-electron chi connectivity index (χ2n) is 7.48. The molecule has 1 saturated heterocycles. The third kappa shape index (κ3) is 5.50. The number of nitrogens with zero attached hydrogens (tertiary/aromatic N) is 1. The first-order valence-corrected chi connectivity index (χ1v) is 9.11. The highest BCUT2D eigenvalue weighted by Crippen LogP contribution is 2.28. The third-order valence-electron chi connectivity index (χ3n) is 4.91. The minimum atomic E-state index is -0.433. The SMILES string of the molecule is CC[C@H](C)c1ccccc1OC[C@H](O)CN1C[C@@H](C)C[C@H](C)C1. The number of para-hydroxylation sites is 1. The van der Waals surface area contributed by atoms with E-state index in [1.54, 1.807) is 0 Å². The predicted octanol–water partition coefficient (Wildman–Crippen LogP) is 3.92. The molecule has 1 N–H and O–H groups in total. The zero-order chi connectivity index (χ0) is 16.8. The Morgan fingerprint density at radius 2 is 1.87 bits per heavy atom. The van der Waals surface area contributed by atoms with Crippen molar-refractivity contribution in [3.63, 3.8) is 0 Å². The van der Waals surface area contributed by atoms with E-state index < -0.39 is 6.10 Å². The van der Waals surface area contributed by atoms with Crippen LogP contribution in [0.3, 0.4) is 0 Å². The zero-order valence-electron chi connectivity index (χ0n) is 15.2. The molecule has 0 saturated carbocycles. The lowest BCUT2D eigenvalue weighted by Crippen LogP contribution is -2.44. The lowest BCUT2D eigenvalue weighted by atomic mass is 9.92. The van der Waals surface area contributed by atoms with Crippen molar-refractivity contribution in [3.8, 4) is 5.75 Å². The van der Waals surface area contributed by atoms with Gasteiger partial charge in [-0.15, -0.1) is 0 Å². The van der Waals surface area contributed by atoms with Gasteiger partial charge in [-0.05, 0) is 42.2 Å². The number of β-amino-alcohol motifs (C(OH)–C–C–N with tert-alkyl or cyclic N) is 1.